The predicted octanol–water partition coefficient (Wildman–Crippen LogP) is 2.34. The molecule has 2 atom stereocenters. The van der Waals surface area contributed by atoms with Crippen molar-refractivity contribution in [2.45, 2.75) is 25.9 Å². The summed E-state index contributed by atoms with van der Waals surface area (Å²) in [5, 5.41) is 3.42. The number of aromatic nitrogens is 2. The quantitative estimate of drug-likeness (QED) is 0.472. The summed E-state index contributed by atoms with van der Waals surface area (Å²) in [6.07, 6.45) is 6.80. The van der Waals surface area contributed by atoms with E-state index in [-0.39, 0.29) is 0 Å². The molecule has 1 aromatic heterocycles. The maximum Gasteiger partial charge on any atom is 0.341 e. The van der Waals surface area contributed by atoms with Crippen molar-refractivity contribution in [3.8, 4) is 5.75 Å². The first-order valence-electron chi connectivity index (χ1n) is 9.75. The van der Waals surface area contributed by atoms with Crippen LogP contribution < -0.4 is 10.1 Å². The number of guanidine groups is 1. The lowest BCUT2D eigenvalue weighted by Crippen LogP contribution is -2.48. The number of nitrogens with zero attached hydrogens (tertiary/aromatic N) is 4. The highest BCUT2D eigenvalue weighted by Gasteiger charge is 2.28. The highest BCUT2D eigenvalue weighted by Crippen LogP contribution is 2.27. The van der Waals surface area contributed by atoms with E-state index in [1.54, 1.807) is 19.2 Å². The van der Waals surface area contributed by atoms with E-state index in [2.05, 4.69) is 31.7 Å². The van der Waals surface area contributed by atoms with Gasteiger partial charge in [0.1, 0.15) is 11.3 Å². The third-order valence-corrected chi connectivity index (χ3v) is 5.46. The van der Waals surface area contributed by atoms with Gasteiger partial charge in [0.05, 0.1) is 26.6 Å². The molecule has 0 radical (unpaired) electrons. The molecular weight excluding hydrogens is 370 g/mol. The fourth-order valence-corrected chi connectivity index (χ4v) is 3.74. The number of imidazole rings is 1. The van der Waals surface area contributed by atoms with Gasteiger partial charge in [-0.25, -0.2) is 9.78 Å². The molecule has 3 rings (SSSR count). The molecule has 0 amide bonds. The van der Waals surface area contributed by atoms with Crippen LogP contribution in [0.2, 0.25) is 0 Å². The standard InChI is InChI=1S/C21H29N5O3/c1-15-7-9-25(13-18(15)26-10-8-23-14-26)21(22-2)24-12-16-5-6-19(28-3)17(11-16)20(27)29-4/h5-6,8,10-11,14-15,18H,7,9,12-13H2,1-4H3,(H,22,24). The number of nitrogens with one attached hydrogen (secondary N) is 1. The Bertz CT molecular complexity index is 850. The number of hydrogen-bond acceptors (Lipinski definition) is 5. The average molecular weight is 399 g/mol. The molecule has 0 aliphatic carbocycles. The summed E-state index contributed by atoms with van der Waals surface area (Å²) in [7, 11) is 4.69. The Morgan fingerprint density at radius 3 is 2.86 bits per heavy atom. The molecule has 0 spiro atoms. The maximum atomic E-state index is 12.0. The van der Waals surface area contributed by atoms with Gasteiger partial charge in [-0.3, -0.25) is 4.99 Å². The van der Waals surface area contributed by atoms with Crippen molar-refractivity contribution in [3.63, 3.8) is 0 Å². The zero-order valence-electron chi connectivity index (χ0n) is 17.5. The largest absolute Gasteiger partial charge is 0.496 e. The molecule has 1 saturated heterocycles. The fraction of sp³-hybridized carbons (Fsp3) is 0.476. The monoisotopic (exact) mass is 399 g/mol. The molecule has 8 nitrogen and oxygen atoms in total. The van der Waals surface area contributed by atoms with Gasteiger partial charge in [0, 0.05) is 39.1 Å². The zero-order valence-corrected chi connectivity index (χ0v) is 17.5. The van der Waals surface area contributed by atoms with Gasteiger partial charge in [-0.1, -0.05) is 13.0 Å². The third kappa shape index (κ3) is 4.70. The molecule has 1 N–H and O–H groups in total. The van der Waals surface area contributed by atoms with Crippen LogP contribution >= 0.6 is 0 Å². The number of hydrogen-bond donors (Lipinski definition) is 1. The average Bonchev–Trinajstić information content (AvgIpc) is 3.29. The second-order valence-corrected chi connectivity index (χ2v) is 7.22. The minimum Gasteiger partial charge on any atom is -0.496 e. The van der Waals surface area contributed by atoms with Crippen LogP contribution in [0.3, 0.4) is 0 Å². The molecule has 0 bridgehead atoms. The highest BCUT2D eigenvalue weighted by atomic mass is 16.5. The molecule has 0 saturated carbocycles. The summed E-state index contributed by atoms with van der Waals surface area (Å²) in [5.74, 6) is 1.50. The van der Waals surface area contributed by atoms with Crippen LogP contribution in [0.4, 0.5) is 0 Å². The molecule has 1 aromatic carbocycles. The molecule has 29 heavy (non-hydrogen) atoms. The number of likely N-dealkylation sites (tertiary alicyclic amines) is 1. The maximum absolute atomic E-state index is 12.0. The minimum atomic E-state index is -0.415. The number of carbonyl (C=O) groups excluding carboxylic acids is 1. The first-order chi connectivity index (χ1) is 14.1. The van der Waals surface area contributed by atoms with Crippen LogP contribution in [-0.2, 0) is 11.3 Å². The van der Waals surface area contributed by atoms with E-state index in [0.29, 0.717) is 29.8 Å². The van der Waals surface area contributed by atoms with E-state index in [4.69, 9.17) is 9.47 Å². The summed E-state index contributed by atoms with van der Waals surface area (Å²) in [6, 6.07) is 5.86. The Kier molecular flexibility index (Phi) is 6.74. The van der Waals surface area contributed by atoms with E-state index < -0.39 is 5.97 Å². The van der Waals surface area contributed by atoms with Crippen LogP contribution in [0.1, 0.15) is 35.3 Å². The van der Waals surface area contributed by atoms with Gasteiger partial charge in [-0.15, -0.1) is 0 Å². The van der Waals surface area contributed by atoms with Gasteiger partial charge < -0.3 is 24.3 Å². The van der Waals surface area contributed by atoms with Crippen molar-refractivity contribution in [2.24, 2.45) is 10.9 Å². The first kappa shape index (κ1) is 20.7. The summed E-state index contributed by atoms with van der Waals surface area (Å²) < 4.78 is 12.3. The molecule has 2 unspecified atom stereocenters. The van der Waals surface area contributed by atoms with Crippen LogP contribution in [0.25, 0.3) is 0 Å². The second kappa shape index (κ2) is 9.45. The lowest BCUT2D eigenvalue weighted by molar-refractivity contribution is 0.0597. The lowest BCUT2D eigenvalue weighted by Gasteiger charge is -2.39. The highest BCUT2D eigenvalue weighted by molar-refractivity contribution is 5.92. The molecule has 8 heteroatoms. The van der Waals surface area contributed by atoms with Crippen molar-refractivity contribution in [1.82, 2.24) is 19.8 Å². The molecule has 2 heterocycles. The number of benzene rings is 1. The topological polar surface area (TPSA) is 81.0 Å². The SMILES string of the molecule is CN=C(NCc1ccc(OC)c(C(=O)OC)c1)N1CCC(C)C(n2ccnc2)C1. The Balaban J connectivity index is 1.68. The Morgan fingerprint density at radius 2 is 2.21 bits per heavy atom. The number of methoxy groups -OCH3 is 2. The summed E-state index contributed by atoms with van der Waals surface area (Å²) >= 11 is 0. The van der Waals surface area contributed by atoms with Crippen LogP contribution in [-0.4, -0.2) is 60.7 Å². The van der Waals surface area contributed by atoms with Crippen molar-refractivity contribution in [2.75, 3.05) is 34.4 Å². The van der Waals surface area contributed by atoms with Crippen molar-refractivity contribution in [1.29, 1.82) is 0 Å². The number of aliphatic imine (C=N–C) groups is 1. The van der Waals surface area contributed by atoms with E-state index in [9.17, 15) is 4.79 Å². The Labute approximate surface area is 171 Å². The van der Waals surface area contributed by atoms with Gasteiger partial charge in [0.25, 0.3) is 0 Å². The molecule has 1 aliphatic rings. The number of esters is 1. The van der Waals surface area contributed by atoms with E-state index in [1.165, 1.54) is 14.2 Å². The number of ether oxygens (including phenoxy) is 2. The van der Waals surface area contributed by atoms with Crippen LogP contribution in [0.15, 0.2) is 41.9 Å². The molecule has 2 aromatic rings. The summed E-state index contributed by atoms with van der Waals surface area (Å²) in [6.45, 7) is 4.64. The lowest BCUT2D eigenvalue weighted by atomic mass is 9.93. The van der Waals surface area contributed by atoms with Gasteiger partial charge in [0.2, 0.25) is 0 Å². The van der Waals surface area contributed by atoms with Crippen molar-refractivity contribution in [3.05, 3.63) is 48.0 Å². The molecule has 1 aliphatic heterocycles. The smallest absolute Gasteiger partial charge is 0.341 e. The van der Waals surface area contributed by atoms with E-state index in [1.807, 2.05) is 24.8 Å². The Hall–Kier alpha value is -3.03. The number of piperidine rings is 1. The normalized spacial score (nSPS) is 19.7. The van der Waals surface area contributed by atoms with Crippen LogP contribution in [0.5, 0.6) is 5.75 Å². The van der Waals surface area contributed by atoms with Crippen molar-refractivity contribution >= 4 is 11.9 Å². The number of carbonyl (C=O) groups is 1. The molecular formula is C21H29N5O3. The van der Waals surface area contributed by atoms with E-state index in [0.717, 1.165) is 31.0 Å². The molecule has 156 valence electrons. The van der Waals surface area contributed by atoms with Crippen LogP contribution in [0, 0.1) is 5.92 Å². The second-order valence-electron chi connectivity index (χ2n) is 7.22. The Morgan fingerprint density at radius 1 is 1.38 bits per heavy atom. The van der Waals surface area contributed by atoms with Gasteiger partial charge in [-0.2, -0.15) is 0 Å². The minimum absolute atomic E-state index is 0.358. The third-order valence-electron chi connectivity index (χ3n) is 5.46. The zero-order chi connectivity index (χ0) is 20.8. The van der Waals surface area contributed by atoms with Gasteiger partial charge in [0.15, 0.2) is 5.96 Å². The van der Waals surface area contributed by atoms with E-state index >= 15 is 0 Å². The van der Waals surface area contributed by atoms with Gasteiger partial charge >= 0.3 is 5.97 Å². The first-order valence-corrected chi connectivity index (χ1v) is 9.75. The summed E-state index contributed by atoms with van der Waals surface area (Å²) in [4.78, 5) is 22.9. The summed E-state index contributed by atoms with van der Waals surface area (Å²) in [5.41, 5.74) is 1.36. The molecule has 1 fully saturated rings. The number of rotatable bonds is 5. The predicted molar refractivity (Wildman–Crippen MR) is 111 cm³/mol. The van der Waals surface area contributed by atoms with Gasteiger partial charge in [-0.05, 0) is 30.0 Å². The van der Waals surface area contributed by atoms with Crippen molar-refractivity contribution < 1.29 is 14.3 Å². The fourth-order valence-electron chi connectivity index (χ4n) is 3.74.